The zero-order valence-corrected chi connectivity index (χ0v) is 11.8. The SMILES string of the molecule is CNC(=O)c1ccc(NC(=O)[C@@H](N)C(C)(C)C)cc1. The summed E-state index contributed by atoms with van der Waals surface area (Å²) in [5.41, 5.74) is 6.73. The third-order valence-electron chi connectivity index (χ3n) is 2.86. The molecule has 4 N–H and O–H groups in total. The second-order valence-electron chi connectivity index (χ2n) is 5.49. The average molecular weight is 263 g/mol. The summed E-state index contributed by atoms with van der Waals surface area (Å²) in [7, 11) is 1.57. The molecule has 1 rings (SSSR count). The predicted molar refractivity (Wildman–Crippen MR) is 75.9 cm³/mol. The summed E-state index contributed by atoms with van der Waals surface area (Å²) in [4.78, 5) is 23.3. The first-order valence-electron chi connectivity index (χ1n) is 6.14. The van der Waals surface area contributed by atoms with E-state index in [0.29, 0.717) is 11.3 Å². The molecule has 5 heteroatoms. The highest BCUT2D eigenvalue weighted by Gasteiger charge is 2.27. The fraction of sp³-hybridized carbons (Fsp3) is 0.429. The van der Waals surface area contributed by atoms with E-state index in [2.05, 4.69) is 10.6 Å². The van der Waals surface area contributed by atoms with Gasteiger partial charge in [-0.05, 0) is 29.7 Å². The maximum atomic E-state index is 11.9. The smallest absolute Gasteiger partial charge is 0.251 e. The van der Waals surface area contributed by atoms with Crippen LogP contribution in [0, 0.1) is 5.41 Å². The summed E-state index contributed by atoms with van der Waals surface area (Å²) in [6, 6.07) is 6.07. The highest BCUT2D eigenvalue weighted by Crippen LogP contribution is 2.19. The normalized spacial score (nSPS) is 12.7. The van der Waals surface area contributed by atoms with Gasteiger partial charge in [0.15, 0.2) is 0 Å². The number of amides is 2. The van der Waals surface area contributed by atoms with Gasteiger partial charge in [-0.1, -0.05) is 20.8 Å². The van der Waals surface area contributed by atoms with Gasteiger partial charge in [-0.25, -0.2) is 0 Å². The summed E-state index contributed by atoms with van der Waals surface area (Å²) in [6.07, 6.45) is 0. The van der Waals surface area contributed by atoms with Gasteiger partial charge in [0.25, 0.3) is 5.91 Å². The molecule has 0 aromatic heterocycles. The maximum absolute atomic E-state index is 11.9. The molecule has 0 aliphatic heterocycles. The van der Waals surface area contributed by atoms with Crippen LogP contribution in [0.2, 0.25) is 0 Å². The Morgan fingerprint density at radius 2 is 1.68 bits per heavy atom. The van der Waals surface area contributed by atoms with Gasteiger partial charge in [0, 0.05) is 18.3 Å². The van der Waals surface area contributed by atoms with Crippen molar-refractivity contribution in [1.29, 1.82) is 0 Å². The summed E-state index contributed by atoms with van der Waals surface area (Å²) in [6.45, 7) is 5.73. The zero-order valence-electron chi connectivity index (χ0n) is 11.8. The number of carbonyl (C=O) groups is 2. The van der Waals surface area contributed by atoms with Crippen LogP contribution in [0.1, 0.15) is 31.1 Å². The van der Waals surface area contributed by atoms with Gasteiger partial charge in [-0.15, -0.1) is 0 Å². The third-order valence-corrected chi connectivity index (χ3v) is 2.86. The molecule has 0 bridgehead atoms. The van der Waals surface area contributed by atoms with Gasteiger partial charge >= 0.3 is 0 Å². The number of rotatable bonds is 3. The van der Waals surface area contributed by atoms with Crippen LogP contribution >= 0.6 is 0 Å². The van der Waals surface area contributed by atoms with E-state index in [1.807, 2.05) is 20.8 Å². The van der Waals surface area contributed by atoms with Gasteiger partial charge in [0.2, 0.25) is 5.91 Å². The van der Waals surface area contributed by atoms with Crippen molar-refractivity contribution in [2.75, 3.05) is 12.4 Å². The van der Waals surface area contributed by atoms with Crippen molar-refractivity contribution in [2.24, 2.45) is 11.1 Å². The van der Waals surface area contributed by atoms with E-state index in [-0.39, 0.29) is 17.2 Å². The maximum Gasteiger partial charge on any atom is 0.251 e. The monoisotopic (exact) mass is 263 g/mol. The Labute approximate surface area is 113 Å². The van der Waals surface area contributed by atoms with Gasteiger partial charge in [0.05, 0.1) is 6.04 Å². The van der Waals surface area contributed by atoms with Crippen molar-refractivity contribution in [1.82, 2.24) is 5.32 Å². The molecule has 19 heavy (non-hydrogen) atoms. The molecule has 0 unspecified atom stereocenters. The van der Waals surface area contributed by atoms with Crippen LogP contribution in [-0.2, 0) is 4.79 Å². The minimum Gasteiger partial charge on any atom is -0.355 e. The molecule has 0 fully saturated rings. The molecule has 1 atom stereocenters. The lowest BCUT2D eigenvalue weighted by atomic mass is 9.87. The number of carbonyl (C=O) groups excluding carboxylic acids is 2. The molecular formula is C14H21N3O2. The molecule has 0 saturated carbocycles. The number of nitrogens with one attached hydrogen (secondary N) is 2. The Balaban J connectivity index is 2.73. The molecule has 1 aromatic carbocycles. The molecule has 0 spiro atoms. The van der Waals surface area contributed by atoms with Gasteiger partial charge in [0.1, 0.15) is 0 Å². The Bertz CT molecular complexity index is 461. The lowest BCUT2D eigenvalue weighted by Gasteiger charge is -2.25. The Hall–Kier alpha value is -1.88. The summed E-state index contributed by atoms with van der Waals surface area (Å²) < 4.78 is 0. The summed E-state index contributed by atoms with van der Waals surface area (Å²) >= 11 is 0. The van der Waals surface area contributed by atoms with E-state index in [4.69, 9.17) is 5.73 Å². The van der Waals surface area contributed by atoms with Gasteiger partial charge in [-0.3, -0.25) is 9.59 Å². The van der Waals surface area contributed by atoms with Crippen LogP contribution in [-0.4, -0.2) is 24.9 Å². The molecule has 0 heterocycles. The zero-order chi connectivity index (χ0) is 14.6. The first kappa shape index (κ1) is 15.2. The topological polar surface area (TPSA) is 84.2 Å². The van der Waals surface area contributed by atoms with Gasteiger partial charge < -0.3 is 16.4 Å². The molecule has 1 aromatic rings. The van der Waals surface area contributed by atoms with Crippen molar-refractivity contribution in [3.05, 3.63) is 29.8 Å². The molecule has 2 amide bonds. The standard InChI is InChI=1S/C14H21N3O2/c1-14(2,3)11(15)13(19)17-10-7-5-9(6-8-10)12(18)16-4/h5-8,11H,15H2,1-4H3,(H,16,18)(H,17,19)/t11-/m1/s1. The number of hydrogen-bond acceptors (Lipinski definition) is 3. The minimum atomic E-state index is -0.592. The minimum absolute atomic E-state index is 0.163. The first-order valence-corrected chi connectivity index (χ1v) is 6.14. The summed E-state index contributed by atoms with van der Waals surface area (Å²) in [5.74, 6) is -0.399. The lowest BCUT2D eigenvalue weighted by Crippen LogP contribution is -2.45. The van der Waals surface area contributed by atoms with Crippen molar-refractivity contribution in [2.45, 2.75) is 26.8 Å². The van der Waals surface area contributed by atoms with Crippen LogP contribution in [0.5, 0.6) is 0 Å². The van der Waals surface area contributed by atoms with Crippen LogP contribution in [0.15, 0.2) is 24.3 Å². The quantitative estimate of drug-likeness (QED) is 0.769. The van der Waals surface area contributed by atoms with E-state index in [0.717, 1.165) is 0 Å². The first-order chi connectivity index (χ1) is 8.75. The van der Waals surface area contributed by atoms with Crippen LogP contribution in [0.3, 0.4) is 0 Å². The Kier molecular flexibility index (Phi) is 4.67. The largest absolute Gasteiger partial charge is 0.355 e. The molecular weight excluding hydrogens is 242 g/mol. The van der Waals surface area contributed by atoms with Gasteiger partial charge in [-0.2, -0.15) is 0 Å². The van der Waals surface area contributed by atoms with E-state index < -0.39 is 6.04 Å². The van der Waals surface area contributed by atoms with E-state index in [1.54, 1.807) is 31.3 Å². The molecule has 0 aliphatic carbocycles. The van der Waals surface area contributed by atoms with E-state index in [9.17, 15) is 9.59 Å². The van der Waals surface area contributed by atoms with Crippen LogP contribution < -0.4 is 16.4 Å². The van der Waals surface area contributed by atoms with Crippen LogP contribution in [0.4, 0.5) is 5.69 Å². The molecule has 5 nitrogen and oxygen atoms in total. The number of anilines is 1. The fourth-order valence-electron chi connectivity index (χ4n) is 1.46. The third kappa shape index (κ3) is 4.06. The Morgan fingerprint density at radius 3 is 2.11 bits per heavy atom. The number of nitrogens with two attached hydrogens (primary N) is 1. The second-order valence-corrected chi connectivity index (χ2v) is 5.49. The molecule has 0 radical (unpaired) electrons. The van der Waals surface area contributed by atoms with Crippen molar-refractivity contribution < 1.29 is 9.59 Å². The van der Waals surface area contributed by atoms with Crippen molar-refractivity contribution >= 4 is 17.5 Å². The molecule has 104 valence electrons. The highest BCUT2D eigenvalue weighted by molar-refractivity contribution is 5.97. The van der Waals surface area contributed by atoms with Crippen molar-refractivity contribution in [3.63, 3.8) is 0 Å². The van der Waals surface area contributed by atoms with Crippen molar-refractivity contribution in [3.8, 4) is 0 Å². The van der Waals surface area contributed by atoms with E-state index in [1.165, 1.54) is 0 Å². The highest BCUT2D eigenvalue weighted by atomic mass is 16.2. The average Bonchev–Trinajstić information content (AvgIpc) is 2.36. The number of hydrogen-bond donors (Lipinski definition) is 3. The Morgan fingerprint density at radius 1 is 1.16 bits per heavy atom. The lowest BCUT2D eigenvalue weighted by molar-refractivity contribution is -0.119. The second kappa shape index (κ2) is 5.84. The van der Waals surface area contributed by atoms with E-state index >= 15 is 0 Å². The van der Waals surface area contributed by atoms with Crippen LogP contribution in [0.25, 0.3) is 0 Å². The fourth-order valence-corrected chi connectivity index (χ4v) is 1.46. The predicted octanol–water partition coefficient (Wildman–Crippen LogP) is 1.36. The summed E-state index contributed by atoms with van der Waals surface area (Å²) in [5, 5.41) is 5.27. The number of benzene rings is 1. The molecule has 0 aliphatic rings. The molecule has 0 saturated heterocycles.